The molecule has 2 amide bonds. The highest BCUT2D eigenvalue weighted by Crippen LogP contribution is 2.13. The molecular weight excluding hydrogens is 248 g/mol. The molecule has 1 fully saturated rings. The quantitative estimate of drug-likeness (QED) is 0.649. The maximum absolute atomic E-state index is 12.0. The predicted molar refractivity (Wildman–Crippen MR) is 69.1 cm³/mol. The lowest BCUT2D eigenvalue weighted by Crippen LogP contribution is -2.44. The number of ether oxygens (including phenoxy) is 1. The first-order valence-corrected chi connectivity index (χ1v) is 6.34. The Hall–Kier alpha value is -1.58. The number of hydrogen-bond acceptors (Lipinski definition) is 4. The van der Waals surface area contributed by atoms with Crippen LogP contribution in [-0.4, -0.2) is 61.3 Å². The molecule has 106 valence electrons. The van der Waals surface area contributed by atoms with Gasteiger partial charge in [0.2, 0.25) is 5.91 Å². The van der Waals surface area contributed by atoms with Crippen molar-refractivity contribution in [1.29, 1.82) is 0 Å². The Morgan fingerprint density at radius 3 is 3.00 bits per heavy atom. The average Bonchev–Trinajstić information content (AvgIpc) is 2.58. The van der Waals surface area contributed by atoms with Gasteiger partial charge in [-0.2, -0.15) is 0 Å². The fourth-order valence-corrected chi connectivity index (χ4v) is 1.94. The van der Waals surface area contributed by atoms with Crippen molar-refractivity contribution in [3.63, 3.8) is 0 Å². The summed E-state index contributed by atoms with van der Waals surface area (Å²) in [5.74, 6) is 4.64. The lowest BCUT2D eigenvalue weighted by molar-refractivity contribution is -0.144. The number of aliphatic hydroxyl groups excluding tert-OH is 1. The van der Waals surface area contributed by atoms with Gasteiger partial charge in [0.05, 0.1) is 13.1 Å². The van der Waals surface area contributed by atoms with Gasteiger partial charge in [-0.05, 0) is 19.3 Å². The van der Waals surface area contributed by atoms with Crippen molar-refractivity contribution in [2.75, 3.05) is 33.4 Å². The summed E-state index contributed by atoms with van der Waals surface area (Å²) in [6.45, 7) is 0.555. The largest absolute Gasteiger partial charge is 0.384 e. The van der Waals surface area contributed by atoms with Gasteiger partial charge >= 0.3 is 0 Å². The summed E-state index contributed by atoms with van der Waals surface area (Å²) in [6, 6.07) is 0. The molecule has 1 aliphatic heterocycles. The highest BCUT2D eigenvalue weighted by atomic mass is 16.5. The molecule has 6 heteroatoms. The Bertz CT molecular complexity index is 373. The Morgan fingerprint density at radius 1 is 1.53 bits per heavy atom. The summed E-state index contributed by atoms with van der Waals surface area (Å²) in [5.41, 5.74) is 0. The number of nitrogens with zero attached hydrogens (tertiary/aromatic N) is 1. The standard InChI is InChI=1S/C13H20N2O4/c1-19-11-6-2-4-8-15(13(11)18)10-12(17)14-7-3-5-9-16/h11,16H,2,4,6-10H2,1H3,(H,14,17). The SMILES string of the molecule is COC1CCCCN(CC(=O)NCC#CCO)C1=O. The Labute approximate surface area is 113 Å². The van der Waals surface area contributed by atoms with Crippen molar-refractivity contribution in [3.05, 3.63) is 0 Å². The number of rotatable bonds is 4. The van der Waals surface area contributed by atoms with Crippen LogP contribution in [0.5, 0.6) is 0 Å². The van der Waals surface area contributed by atoms with Crippen molar-refractivity contribution in [1.82, 2.24) is 10.2 Å². The molecule has 0 aromatic heterocycles. The van der Waals surface area contributed by atoms with Gasteiger partial charge in [0.1, 0.15) is 12.7 Å². The summed E-state index contributed by atoms with van der Waals surface area (Å²) in [4.78, 5) is 25.2. The van der Waals surface area contributed by atoms with Gasteiger partial charge in [-0.15, -0.1) is 0 Å². The molecule has 1 rings (SSSR count). The summed E-state index contributed by atoms with van der Waals surface area (Å²) in [5, 5.41) is 11.0. The normalized spacial score (nSPS) is 19.4. The third-order valence-corrected chi connectivity index (χ3v) is 2.93. The zero-order valence-corrected chi connectivity index (χ0v) is 11.1. The van der Waals surface area contributed by atoms with Gasteiger partial charge in [-0.3, -0.25) is 9.59 Å². The second kappa shape index (κ2) is 8.51. The molecule has 19 heavy (non-hydrogen) atoms. The summed E-state index contributed by atoms with van der Waals surface area (Å²) < 4.78 is 5.14. The number of methoxy groups -OCH3 is 1. The number of aliphatic hydroxyl groups is 1. The van der Waals surface area contributed by atoms with Gasteiger partial charge in [-0.1, -0.05) is 11.8 Å². The van der Waals surface area contributed by atoms with Crippen LogP contribution in [0.15, 0.2) is 0 Å². The van der Waals surface area contributed by atoms with E-state index < -0.39 is 6.10 Å². The third kappa shape index (κ3) is 5.28. The zero-order valence-electron chi connectivity index (χ0n) is 11.1. The first-order chi connectivity index (χ1) is 9.19. The van der Waals surface area contributed by atoms with Gasteiger partial charge in [0.15, 0.2) is 0 Å². The maximum Gasteiger partial charge on any atom is 0.252 e. The molecular formula is C13H20N2O4. The van der Waals surface area contributed by atoms with E-state index >= 15 is 0 Å². The van der Waals surface area contributed by atoms with Crippen LogP contribution in [-0.2, 0) is 14.3 Å². The minimum absolute atomic E-state index is 0.0273. The molecule has 0 aliphatic carbocycles. The fourth-order valence-electron chi connectivity index (χ4n) is 1.94. The van der Waals surface area contributed by atoms with Gasteiger partial charge < -0.3 is 20.1 Å². The van der Waals surface area contributed by atoms with E-state index in [1.54, 1.807) is 0 Å². The number of likely N-dealkylation sites (tertiary alicyclic amines) is 1. The first kappa shape index (κ1) is 15.5. The number of carbonyl (C=O) groups is 2. The molecule has 1 heterocycles. The molecule has 2 N–H and O–H groups in total. The second-order valence-corrected chi connectivity index (χ2v) is 4.27. The van der Waals surface area contributed by atoms with E-state index in [4.69, 9.17) is 9.84 Å². The molecule has 6 nitrogen and oxygen atoms in total. The first-order valence-electron chi connectivity index (χ1n) is 6.34. The Morgan fingerprint density at radius 2 is 2.32 bits per heavy atom. The molecule has 1 atom stereocenters. The van der Waals surface area contributed by atoms with Crippen molar-refractivity contribution in [2.24, 2.45) is 0 Å². The molecule has 0 aromatic carbocycles. The lowest BCUT2D eigenvalue weighted by atomic mass is 10.2. The second-order valence-electron chi connectivity index (χ2n) is 4.27. The van der Waals surface area contributed by atoms with E-state index in [-0.39, 0.29) is 31.5 Å². The van der Waals surface area contributed by atoms with E-state index in [0.29, 0.717) is 13.0 Å². The number of hydrogen-bond donors (Lipinski definition) is 2. The number of carbonyl (C=O) groups excluding carboxylic acids is 2. The van der Waals surface area contributed by atoms with E-state index in [9.17, 15) is 9.59 Å². The van der Waals surface area contributed by atoms with Gasteiger partial charge in [-0.25, -0.2) is 0 Å². The highest BCUT2D eigenvalue weighted by molar-refractivity contribution is 5.87. The smallest absolute Gasteiger partial charge is 0.252 e. The van der Waals surface area contributed by atoms with E-state index in [1.807, 2.05) is 0 Å². The van der Waals surface area contributed by atoms with Crippen LogP contribution < -0.4 is 5.32 Å². The van der Waals surface area contributed by atoms with Crippen LogP contribution >= 0.6 is 0 Å². The summed E-state index contributed by atoms with van der Waals surface area (Å²) in [7, 11) is 1.51. The monoisotopic (exact) mass is 268 g/mol. The molecule has 0 aromatic rings. The van der Waals surface area contributed by atoms with Crippen LogP contribution in [0.3, 0.4) is 0 Å². The van der Waals surface area contributed by atoms with E-state index in [2.05, 4.69) is 17.2 Å². The highest BCUT2D eigenvalue weighted by Gasteiger charge is 2.27. The Kier molecular flexibility index (Phi) is 6.93. The van der Waals surface area contributed by atoms with Crippen LogP contribution in [0.2, 0.25) is 0 Å². The zero-order chi connectivity index (χ0) is 14.1. The van der Waals surface area contributed by atoms with Crippen LogP contribution in [0.25, 0.3) is 0 Å². The minimum atomic E-state index is -0.440. The van der Waals surface area contributed by atoms with Crippen LogP contribution in [0.1, 0.15) is 19.3 Å². The maximum atomic E-state index is 12.0. The third-order valence-electron chi connectivity index (χ3n) is 2.93. The van der Waals surface area contributed by atoms with E-state index in [0.717, 1.165) is 12.8 Å². The lowest BCUT2D eigenvalue weighted by Gasteiger charge is -2.22. The molecule has 1 aliphatic rings. The van der Waals surface area contributed by atoms with Gasteiger partial charge in [0.25, 0.3) is 5.91 Å². The molecule has 1 saturated heterocycles. The predicted octanol–water partition coefficient (Wildman–Crippen LogP) is -0.874. The van der Waals surface area contributed by atoms with Crippen LogP contribution in [0, 0.1) is 11.8 Å². The molecule has 0 spiro atoms. The van der Waals surface area contributed by atoms with Crippen LogP contribution in [0.4, 0.5) is 0 Å². The summed E-state index contributed by atoms with van der Waals surface area (Å²) >= 11 is 0. The van der Waals surface area contributed by atoms with Crippen molar-refractivity contribution >= 4 is 11.8 Å². The van der Waals surface area contributed by atoms with Crippen molar-refractivity contribution < 1.29 is 19.4 Å². The topological polar surface area (TPSA) is 78.9 Å². The fraction of sp³-hybridized carbons (Fsp3) is 0.692. The Balaban J connectivity index is 2.44. The molecule has 1 unspecified atom stereocenters. The molecule has 0 radical (unpaired) electrons. The summed E-state index contributed by atoms with van der Waals surface area (Å²) in [6.07, 6.45) is 2.06. The molecule has 0 saturated carbocycles. The number of amides is 2. The van der Waals surface area contributed by atoms with Gasteiger partial charge in [0, 0.05) is 13.7 Å². The molecule has 0 bridgehead atoms. The van der Waals surface area contributed by atoms with Crippen molar-refractivity contribution in [3.8, 4) is 11.8 Å². The number of nitrogens with one attached hydrogen (secondary N) is 1. The average molecular weight is 268 g/mol. The minimum Gasteiger partial charge on any atom is -0.384 e. The van der Waals surface area contributed by atoms with E-state index in [1.165, 1.54) is 12.0 Å². The van der Waals surface area contributed by atoms with Crippen molar-refractivity contribution in [2.45, 2.75) is 25.4 Å².